The van der Waals surface area contributed by atoms with E-state index in [4.69, 9.17) is 9.11 Å². The molecule has 0 aromatic heterocycles. The van der Waals surface area contributed by atoms with E-state index in [1.54, 1.807) is 0 Å². The van der Waals surface area contributed by atoms with Gasteiger partial charge in [-0.2, -0.15) is 12.6 Å². The minimum atomic E-state index is -4.79. The molecule has 0 radical (unpaired) electrons. The largest absolute Gasteiger partial charge is 0.425 e. The van der Waals surface area contributed by atoms with Crippen LogP contribution in [0.4, 0.5) is 0 Å². The molecule has 9 heavy (non-hydrogen) atoms. The first-order valence-corrected chi connectivity index (χ1v) is 3.76. The highest BCUT2D eigenvalue weighted by molar-refractivity contribution is 7.81. The van der Waals surface area contributed by atoms with E-state index in [9.17, 15) is 12.6 Å². The molecular formula is H2O7S2. The first-order chi connectivity index (χ1) is 3.92. The lowest BCUT2D eigenvalue weighted by Gasteiger charge is -1.90. The van der Waals surface area contributed by atoms with E-state index in [2.05, 4.69) is 8.67 Å². The van der Waals surface area contributed by atoms with Gasteiger partial charge in [0.25, 0.3) is 0 Å². The summed E-state index contributed by atoms with van der Waals surface area (Å²) >= 11 is -2.87. The number of hydrogen-bond acceptors (Lipinski definition) is 5. The van der Waals surface area contributed by atoms with Gasteiger partial charge in [0.05, 0.1) is 0 Å². The Morgan fingerprint density at radius 1 is 1.44 bits per heavy atom. The summed E-state index contributed by atoms with van der Waals surface area (Å²) in [6.45, 7) is 0. The second kappa shape index (κ2) is 3.20. The molecule has 0 aliphatic carbocycles. The molecule has 0 aromatic rings. The van der Waals surface area contributed by atoms with Crippen LogP contribution in [0.1, 0.15) is 0 Å². The smallest absolute Gasteiger partial charge is 0.282 e. The maximum Gasteiger partial charge on any atom is 0.425 e. The zero-order valence-corrected chi connectivity index (χ0v) is 5.39. The van der Waals surface area contributed by atoms with Crippen molar-refractivity contribution >= 4 is 21.8 Å². The molecule has 0 aliphatic heterocycles. The van der Waals surface area contributed by atoms with Crippen LogP contribution >= 0.6 is 0 Å². The maximum atomic E-state index is 9.50. The Bertz CT molecular complexity index is 185. The lowest BCUT2D eigenvalue weighted by molar-refractivity contribution is -0.0964. The van der Waals surface area contributed by atoms with Crippen LogP contribution in [0, 0.1) is 0 Å². The molecule has 0 aliphatic rings. The van der Waals surface area contributed by atoms with Crippen molar-refractivity contribution < 1.29 is 30.4 Å². The molecular weight excluding hydrogens is 176 g/mol. The second-order valence-electron chi connectivity index (χ2n) is 0.781. The molecule has 0 bridgehead atoms. The van der Waals surface area contributed by atoms with Crippen molar-refractivity contribution in [2.75, 3.05) is 0 Å². The van der Waals surface area contributed by atoms with Crippen LogP contribution in [0.25, 0.3) is 0 Å². The maximum absolute atomic E-state index is 9.50. The average molecular weight is 178 g/mol. The minimum Gasteiger partial charge on any atom is -0.282 e. The van der Waals surface area contributed by atoms with Crippen molar-refractivity contribution in [3.63, 3.8) is 0 Å². The van der Waals surface area contributed by atoms with Gasteiger partial charge in [-0.3, -0.25) is 9.11 Å². The predicted molar refractivity (Wildman–Crippen MR) is 24.5 cm³/mol. The van der Waals surface area contributed by atoms with Gasteiger partial charge in [-0.25, -0.2) is 0 Å². The van der Waals surface area contributed by atoms with Crippen molar-refractivity contribution in [1.29, 1.82) is 0 Å². The molecule has 0 saturated carbocycles. The van der Waals surface area contributed by atoms with Gasteiger partial charge in [0, 0.05) is 0 Å². The van der Waals surface area contributed by atoms with E-state index in [-0.39, 0.29) is 0 Å². The first-order valence-electron chi connectivity index (χ1n) is 1.37. The highest BCUT2D eigenvalue weighted by Crippen LogP contribution is 1.88. The fraction of sp³-hybridized carbons (Fsp3) is 0. The normalized spacial score (nSPS) is 15.3. The van der Waals surface area contributed by atoms with Crippen LogP contribution in [0.3, 0.4) is 0 Å². The fourth-order valence-corrected chi connectivity index (χ4v) is 0.530. The van der Waals surface area contributed by atoms with Crippen LogP contribution in [0.2, 0.25) is 0 Å². The van der Waals surface area contributed by atoms with Gasteiger partial charge in [0.2, 0.25) is 0 Å². The Morgan fingerprint density at radius 2 is 1.89 bits per heavy atom. The molecule has 0 rings (SSSR count). The summed E-state index contributed by atoms with van der Waals surface area (Å²) in [5, 5.41) is 0. The van der Waals surface area contributed by atoms with Crippen molar-refractivity contribution in [3.05, 3.63) is 0 Å². The lowest BCUT2D eigenvalue weighted by Crippen LogP contribution is -2.05. The number of rotatable bonds is 3. The Morgan fingerprint density at radius 3 is 2.00 bits per heavy atom. The second-order valence-corrected chi connectivity index (χ2v) is 2.34. The fourth-order valence-electron chi connectivity index (χ4n) is 0.0589. The van der Waals surface area contributed by atoms with Gasteiger partial charge in [0.1, 0.15) is 0 Å². The Balaban J connectivity index is 3.67. The average Bonchev–Trinajstić information content (AvgIpc) is 1.59. The lowest BCUT2D eigenvalue weighted by atomic mass is 14.9. The predicted octanol–water partition coefficient (Wildman–Crippen LogP) is -1.13. The number of hydrogen-bond donors (Lipinski definition) is 2. The highest BCUT2D eigenvalue weighted by atomic mass is 32.3. The Labute approximate surface area is 53.0 Å². The van der Waals surface area contributed by atoms with Crippen molar-refractivity contribution in [3.8, 4) is 0 Å². The van der Waals surface area contributed by atoms with E-state index in [1.165, 1.54) is 0 Å². The molecule has 7 nitrogen and oxygen atoms in total. The monoisotopic (exact) mass is 178 g/mol. The zero-order chi connectivity index (χ0) is 7.49. The quantitative estimate of drug-likeness (QED) is 0.243. The molecule has 9 heteroatoms. The van der Waals surface area contributed by atoms with E-state index in [0.717, 1.165) is 0 Å². The summed E-state index contributed by atoms with van der Waals surface area (Å²) in [7, 11) is -4.79. The van der Waals surface area contributed by atoms with Crippen molar-refractivity contribution in [2.24, 2.45) is 0 Å². The standard InChI is InChI=1S/H2O7S2/c1-8(2)6-7-9(3,4)5/h(H,1,2)(H,3,4,5). The third-order valence-electron chi connectivity index (χ3n) is 0.172. The van der Waals surface area contributed by atoms with Crippen molar-refractivity contribution in [1.82, 2.24) is 0 Å². The Kier molecular flexibility index (Phi) is 3.17. The van der Waals surface area contributed by atoms with Gasteiger partial charge < -0.3 is 0 Å². The van der Waals surface area contributed by atoms with E-state index in [0.29, 0.717) is 0 Å². The van der Waals surface area contributed by atoms with Gasteiger partial charge in [-0.15, -0.1) is 0 Å². The molecule has 0 amide bonds. The van der Waals surface area contributed by atoms with Crippen molar-refractivity contribution in [2.45, 2.75) is 0 Å². The summed E-state index contributed by atoms with van der Waals surface area (Å²) in [6.07, 6.45) is 0. The van der Waals surface area contributed by atoms with Crippen LogP contribution in [-0.2, 0) is 30.4 Å². The summed E-state index contributed by atoms with van der Waals surface area (Å²) in [6, 6.07) is 0. The summed E-state index contributed by atoms with van der Waals surface area (Å²) in [5.41, 5.74) is 0. The summed E-state index contributed by atoms with van der Waals surface area (Å²) in [5.74, 6) is 0. The third kappa shape index (κ3) is 7.94. The highest BCUT2D eigenvalue weighted by Gasteiger charge is 2.07. The molecule has 0 spiro atoms. The van der Waals surface area contributed by atoms with Crippen LogP contribution in [0.5, 0.6) is 0 Å². The third-order valence-corrected chi connectivity index (χ3v) is 0.683. The summed E-state index contributed by atoms with van der Waals surface area (Å²) < 4.78 is 49.8. The molecule has 0 saturated heterocycles. The van der Waals surface area contributed by atoms with Crippen LogP contribution < -0.4 is 0 Å². The molecule has 1 atom stereocenters. The van der Waals surface area contributed by atoms with Crippen LogP contribution in [0.15, 0.2) is 0 Å². The minimum absolute atomic E-state index is 2.87. The molecule has 56 valence electrons. The molecule has 2 N–H and O–H groups in total. The van der Waals surface area contributed by atoms with Crippen LogP contribution in [-0.4, -0.2) is 21.7 Å². The van der Waals surface area contributed by atoms with E-state index < -0.39 is 21.8 Å². The molecule has 1 unspecified atom stereocenters. The van der Waals surface area contributed by atoms with Gasteiger partial charge in [-0.05, 0) is 0 Å². The summed E-state index contributed by atoms with van der Waals surface area (Å²) in [4.78, 5) is 0. The SMILES string of the molecule is O=S(O)OOS(=O)(=O)O. The molecule has 0 heterocycles. The van der Waals surface area contributed by atoms with Gasteiger partial charge in [0.15, 0.2) is 0 Å². The Hall–Kier alpha value is -0.0600. The molecule has 0 fully saturated rings. The van der Waals surface area contributed by atoms with E-state index in [1.807, 2.05) is 0 Å². The van der Waals surface area contributed by atoms with Gasteiger partial charge in [-0.1, -0.05) is 8.67 Å². The topological polar surface area (TPSA) is 110 Å². The zero-order valence-electron chi connectivity index (χ0n) is 3.75. The molecule has 0 aromatic carbocycles. The first kappa shape index (κ1) is 8.94. The van der Waals surface area contributed by atoms with Gasteiger partial charge >= 0.3 is 21.8 Å². The van der Waals surface area contributed by atoms with E-state index >= 15 is 0 Å².